The van der Waals surface area contributed by atoms with Crippen LogP contribution in [0.2, 0.25) is 0 Å². The van der Waals surface area contributed by atoms with E-state index in [4.69, 9.17) is 5.11 Å². The van der Waals surface area contributed by atoms with Gasteiger partial charge in [-0.05, 0) is 47.7 Å². The standard InChI is InChI=1S/C12H13IN2O5S/c1-7-11(16)14-4-5-15(7)21(19,20)8-2-3-10(13)9(6-8)12(17)18/h2-3,6-7H,4-5H2,1H3,(H,14,16)(H,17,18). The third-order valence-electron chi connectivity index (χ3n) is 3.22. The lowest BCUT2D eigenvalue weighted by molar-refractivity contribution is -0.126. The molecular weight excluding hydrogens is 411 g/mol. The minimum Gasteiger partial charge on any atom is -0.478 e. The van der Waals surface area contributed by atoms with Crippen molar-refractivity contribution in [2.75, 3.05) is 13.1 Å². The van der Waals surface area contributed by atoms with Crippen molar-refractivity contribution >= 4 is 44.5 Å². The number of aromatic carboxylic acids is 1. The van der Waals surface area contributed by atoms with Crippen LogP contribution < -0.4 is 5.32 Å². The van der Waals surface area contributed by atoms with Gasteiger partial charge in [0, 0.05) is 16.7 Å². The van der Waals surface area contributed by atoms with Gasteiger partial charge in [0.2, 0.25) is 15.9 Å². The zero-order valence-electron chi connectivity index (χ0n) is 11.0. The number of amides is 1. The number of nitrogens with zero attached hydrogens (tertiary/aromatic N) is 1. The number of carbonyl (C=O) groups excluding carboxylic acids is 1. The van der Waals surface area contributed by atoms with Crippen molar-refractivity contribution in [2.45, 2.75) is 17.9 Å². The first-order valence-corrected chi connectivity index (χ1v) is 8.59. The number of benzene rings is 1. The van der Waals surface area contributed by atoms with Crippen LogP contribution in [-0.2, 0) is 14.8 Å². The fourth-order valence-electron chi connectivity index (χ4n) is 2.05. The smallest absolute Gasteiger partial charge is 0.336 e. The summed E-state index contributed by atoms with van der Waals surface area (Å²) in [5.41, 5.74) is -0.0780. The average molecular weight is 424 g/mol. The third kappa shape index (κ3) is 3.04. The van der Waals surface area contributed by atoms with Gasteiger partial charge in [0.15, 0.2) is 0 Å². The topological polar surface area (TPSA) is 104 Å². The lowest BCUT2D eigenvalue weighted by Crippen LogP contribution is -2.55. The largest absolute Gasteiger partial charge is 0.478 e. The van der Waals surface area contributed by atoms with Gasteiger partial charge in [0.25, 0.3) is 0 Å². The molecule has 0 saturated carbocycles. The molecule has 9 heteroatoms. The second kappa shape index (κ2) is 5.89. The molecule has 0 aliphatic carbocycles. The highest BCUT2D eigenvalue weighted by Crippen LogP contribution is 2.23. The van der Waals surface area contributed by atoms with Crippen LogP contribution in [0, 0.1) is 3.57 Å². The van der Waals surface area contributed by atoms with Crippen LogP contribution in [0.1, 0.15) is 17.3 Å². The molecule has 2 N–H and O–H groups in total. The Morgan fingerprint density at radius 3 is 2.76 bits per heavy atom. The number of carboxylic acid groups (broad SMARTS) is 1. The Labute approximate surface area is 135 Å². The van der Waals surface area contributed by atoms with Crippen LogP contribution in [-0.4, -0.2) is 48.8 Å². The van der Waals surface area contributed by atoms with Crippen LogP contribution in [0.4, 0.5) is 0 Å². The van der Waals surface area contributed by atoms with Gasteiger partial charge in [-0.1, -0.05) is 0 Å². The van der Waals surface area contributed by atoms with E-state index >= 15 is 0 Å². The predicted molar refractivity (Wildman–Crippen MR) is 82.5 cm³/mol. The quantitative estimate of drug-likeness (QED) is 0.688. The molecular formula is C12H13IN2O5S. The Morgan fingerprint density at radius 2 is 2.14 bits per heavy atom. The minimum absolute atomic E-state index is 0.0780. The molecule has 0 radical (unpaired) electrons. The number of piperazine rings is 1. The number of carbonyl (C=O) groups is 2. The summed E-state index contributed by atoms with van der Waals surface area (Å²) in [5, 5.41) is 11.7. The molecule has 1 unspecified atom stereocenters. The average Bonchev–Trinajstić information content (AvgIpc) is 2.41. The molecule has 1 aliphatic rings. The first kappa shape index (κ1) is 16.2. The van der Waals surface area contributed by atoms with Crippen molar-refractivity contribution in [1.29, 1.82) is 0 Å². The number of nitrogens with one attached hydrogen (secondary N) is 1. The first-order valence-electron chi connectivity index (χ1n) is 6.07. The molecule has 2 rings (SSSR count). The van der Waals surface area contributed by atoms with Gasteiger partial charge < -0.3 is 10.4 Å². The highest BCUT2D eigenvalue weighted by molar-refractivity contribution is 14.1. The van der Waals surface area contributed by atoms with Crippen molar-refractivity contribution < 1.29 is 23.1 Å². The second-order valence-electron chi connectivity index (χ2n) is 4.53. The number of rotatable bonds is 3. The molecule has 21 heavy (non-hydrogen) atoms. The van der Waals surface area contributed by atoms with Gasteiger partial charge in [0.1, 0.15) is 6.04 Å². The molecule has 1 heterocycles. The summed E-state index contributed by atoms with van der Waals surface area (Å²) >= 11 is 1.83. The fourth-order valence-corrected chi connectivity index (χ4v) is 4.24. The molecule has 1 saturated heterocycles. The summed E-state index contributed by atoms with van der Waals surface area (Å²) < 4.78 is 26.7. The number of hydrogen-bond acceptors (Lipinski definition) is 4. The van der Waals surface area contributed by atoms with Gasteiger partial charge in [0.05, 0.1) is 10.5 Å². The Hall–Kier alpha value is -1.20. The van der Waals surface area contributed by atoms with Crippen molar-refractivity contribution in [2.24, 2.45) is 0 Å². The fraction of sp³-hybridized carbons (Fsp3) is 0.333. The van der Waals surface area contributed by atoms with E-state index in [0.29, 0.717) is 3.57 Å². The maximum atomic E-state index is 12.6. The molecule has 1 aliphatic heterocycles. The minimum atomic E-state index is -3.91. The lowest BCUT2D eigenvalue weighted by Gasteiger charge is -2.31. The maximum Gasteiger partial charge on any atom is 0.336 e. The van der Waals surface area contributed by atoms with E-state index in [1.54, 1.807) is 0 Å². The van der Waals surface area contributed by atoms with E-state index in [1.807, 2.05) is 22.6 Å². The summed E-state index contributed by atoms with van der Waals surface area (Å²) in [6, 6.07) is 3.09. The van der Waals surface area contributed by atoms with Crippen LogP contribution >= 0.6 is 22.6 Å². The highest BCUT2D eigenvalue weighted by Gasteiger charge is 2.35. The Kier molecular flexibility index (Phi) is 4.54. The normalized spacial score (nSPS) is 20.1. The molecule has 7 nitrogen and oxygen atoms in total. The van der Waals surface area contributed by atoms with E-state index in [0.717, 1.165) is 10.4 Å². The first-order chi connectivity index (χ1) is 9.75. The molecule has 1 fully saturated rings. The summed E-state index contributed by atoms with van der Waals surface area (Å²) in [6.07, 6.45) is 0. The number of halogens is 1. The summed E-state index contributed by atoms with van der Waals surface area (Å²) in [7, 11) is -3.91. The van der Waals surface area contributed by atoms with Crippen LogP contribution in [0.25, 0.3) is 0 Å². The Balaban J connectivity index is 2.47. The molecule has 1 aromatic carbocycles. The summed E-state index contributed by atoms with van der Waals surface area (Å²) in [6.45, 7) is 1.89. The van der Waals surface area contributed by atoms with Crippen LogP contribution in [0.15, 0.2) is 23.1 Å². The molecule has 0 bridgehead atoms. The van der Waals surface area contributed by atoms with Crippen molar-refractivity contribution in [3.8, 4) is 0 Å². The van der Waals surface area contributed by atoms with Gasteiger partial charge in [-0.3, -0.25) is 4.79 Å². The van der Waals surface area contributed by atoms with Crippen LogP contribution in [0.3, 0.4) is 0 Å². The van der Waals surface area contributed by atoms with Gasteiger partial charge in [-0.2, -0.15) is 4.31 Å². The Morgan fingerprint density at radius 1 is 1.48 bits per heavy atom. The van der Waals surface area contributed by atoms with Crippen molar-refractivity contribution in [3.63, 3.8) is 0 Å². The van der Waals surface area contributed by atoms with E-state index < -0.39 is 22.0 Å². The third-order valence-corrected chi connectivity index (χ3v) is 6.12. The summed E-state index contributed by atoms with van der Waals surface area (Å²) in [4.78, 5) is 22.6. The Bertz CT molecular complexity index is 704. The monoisotopic (exact) mass is 424 g/mol. The highest BCUT2D eigenvalue weighted by atomic mass is 127. The zero-order chi connectivity index (χ0) is 15.8. The van der Waals surface area contributed by atoms with Gasteiger partial charge >= 0.3 is 5.97 Å². The van der Waals surface area contributed by atoms with E-state index in [9.17, 15) is 18.0 Å². The van der Waals surface area contributed by atoms with E-state index in [-0.39, 0.29) is 29.5 Å². The maximum absolute atomic E-state index is 12.6. The van der Waals surface area contributed by atoms with E-state index in [1.165, 1.54) is 19.1 Å². The zero-order valence-corrected chi connectivity index (χ0v) is 14.0. The van der Waals surface area contributed by atoms with Crippen LogP contribution in [0.5, 0.6) is 0 Å². The molecule has 0 aromatic heterocycles. The van der Waals surface area contributed by atoms with Crippen molar-refractivity contribution in [1.82, 2.24) is 9.62 Å². The number of hydrogen-bond donors (Lipinski definition) is 2. The molecule has 0 spiro atoms. The summed E-state index contributed by atoms with van der Waals surface area (Å²) in [5.74, 6) is -1.56. The van der Waals surface area contributed by atoms with Gasteiger partial charge in [-0.15, -0.1) is 0 Å². The number of carboxylic acids is 1. The SMILES string of the molecule is CC1C(=O)NCCN1S(=O)(=O)c1ccc(I)c(C(=O)O)c1. The van der Waals surface area contributed by atoms with E-state index in [2.05, 4.69) is 5.32 Å². The molecule has 1 aromatic rings. The second-order valence-corrected chi connectivity index (χ2v) is 7.58. The molecule has 1 amide bonds. The number of sulfonamides is 1. The molecule has 1 atom stereocenters. The molecule has 114 valence electrons. The predicted octanol–water partition coefficient (Wildman–Crippen LogP) is 0.498. The lowest BCUT2D eigenvalue weighted by atomic mass is 10.2. The van der Waals surface area contributed by atoms with Crippen molar-refractivity contribution in [3.05, 3.63) is 27.3 Å². The van der Waals surface area contributed by atoms with Gasteiger partial charge in [-0.25, -0.2) is 13.2 Å².